The van der Waals surface area contributed by atoms with E-state index >= 15 is 0 Å². The average Bonchev–Trinajstić information content (AvgIpc) is 2.41. The largest absolute Gasteiger partial charge is 0.359 e. The van der Waals surface area contributed by atoms with Crippen LogP contribution in [0.3, 0.4) is 0 Å². The van der Waals surface area contributed by atoms with E-state index in [-0.39, 0.29) is 6.04 Å². The van der Waals surface area contributed by atoms with Crippen LogP contribution in [0.25, 0.3) is 0 Å². The summed E-state index contributed by atoms with van der Waals surface area (Å²) in [5, 5.41) is 0. The minimum atomic E-state index is 0.0311. The van der Waals surface area contributed by atoms with Crippen LogP contribution in [0.2, 0.25) is 0 Å². The van der Waals surface area contributed by atoms with Crippen LogP contribution in [0.15, 0.2) is 18.3 Å². The molecule has 0 radical (unpaired) electrons. The molecule has 2 heterocycles. The molecule has 0 spiro atoms. The van der Waals surface area contributed by atoms with Gasteiger partial charge in [-0.2, -0.15) is 0 Å². The predicted octanol–water partition coefficient (Wildman–Crippen LogP) is 1.88. The summed E-state index contributed by atoms with van der Waals surface area (Å²) >= 11 is 0. The van der Waals surface area contributed by atoms with Crippen LogP contribution in [0.1, 0.15) is 31.4 Å². The van der Waals surface area contributed by atoms with E-state index in [2.05, 4.69) is 34.9 Å². The Labute approximate surface area is 116 Å². The highest BCUT2D eigenvalue weighted by Gasteiger charge is 2.20. The summed E-state index contributed by atoms with van der Waals surface area (Å²) in [6, 6.07) is 4.08. The molecular formula is C15H26N4. The third-order valence-corrected chi connectivity index (χ3v) is 4.04. The molecule has 1 aromatic rings. The van der Waals surface area contributed by atoms with Gasteiger partial charge in [0.05, 0.1) is 0 Å². The second-order valence-corrected chi connectivity index (χ2v) is 5.83. The van der Waals surface area contributed by atoms with Crippen LogP contribution in [0.4, 0.5) is 5.82 Å². The van der Waals surface area contributed by atoms with Crippen molar-refractivity contribution in [1.82, 2.24) is 9.88 Å². The van der Waals surface area contributed by atoms with Gasteiger partial charge in [-0.15, -0.1) is 0 Å². The molecule has 1 aliphatic rings. The lowest BCUT2D eigenvalue weighted by Crippen LogP contribution is -2.36. The van der Waals surface area contributed by atoms with Crippen molar-refractivity contribution in [2.75, 3.05) is 38.6 Å². The quantitative estimate of drug-likeness (QED) is 0.900. The minimum Gasteiger partial charge on any atom is -0.359 e. The Kier molecular flexibility index (Phi) is 4.77. The highest BCUT2D eigenvalue weighted by molar-refractivity contribution is 5.47. The highest BCUT2D eigenvalue weighted by Crippen LogP contribution is 2.24. The third-order valence-electron chi connectivity index (χ3n) is 4.04. The normalized spacial score (nSPS) is 19.4. The summed E-state index contributed by atoms with van der Waals surface area (Å²) < 4.78 is 0. The number of hydrogen-bond acceptors (Lipinski definition) is 4. The highest BCUT2D eigenvalue weighted by atomic mass is 15.2. The zero-order valence-electron chi connectivity index (χ0n) is 12.3. The molecule has 1 saturated heterocycles. The van der Waals surface area contributed by atoms with E-state index in [0.717, 1.165) is 23.8 Å². The van der Waals surface area contributed by atoms with E-state index in [9.17, 15) is 0 Å². The van der Waals surface area contributed by atoms with Gasteiger partial charge in [-0.25, -0.2) is 4.98 Å². The number of pyridine rings is 1. The fourth-order valence-electron chi connectivity index (χ4n) is 2.80. The van der Waals surface area contributed by atoms with Crippen LogP contribution < -0.4 is 10.6 Å². The van der Waals surface area contributed by atoms with E-state index in [0.29, 0.717) is 0 Å². The average molecular weight is 262 g/mol. The lowest BCUT2D eigenvalue weighted by molar-refractivity contribution is 0.222. The first-order chi connectivity index (χ1) is 9.08. The lowest BCUT2D eigenvalue weighted by atomic mass is 9.96. The van der Waals surface area contributed by atoms with Crippen molar-refractivity contribution < 1.29 is 0 Å². The second kappa shape index (κ2) is 6.35. The van der Waals surface area contributed by atoms with Crippen LogP contribution in [0, 0.1) is 5.92 Å². The summed E-state index contributed by atoms with van der Waals surface area (Å²) in [5.41, 5.74) is 7.17. The molecule has 4 heteroatoms. The van der Waals surface area contributed by atoms with E-state index in [1.807, 2.05) is 19.2 Å². The van der Waals surface area contributed by atoms with E-state index in [1.165, 1.54) is 25.9 Å². The number of rotatable bonds is 4. The summed E-state index contributed by atoms with van der Waals surface area (Å²) in [6.45, 7) is 5.51. The molecule has 2 rings (SSSR count). The van der Waals surface area contributed by atoms with Crippen molar-refractivity contribution in [3.63, 3.8) is 0 Å². The number of nitrogens with zero attached hydrogens (tertiary/aromatic N) is 3. The van der Waals surface area contributed by atoms with Crippen molar-refractivity contribution >= 4 is 5.82 Å². The van der Waals surface area contributed by atoms with Gasteiger partial charge >= 0.3 is 0 Å². The first kappa shape index (κ1) is 14.3. The predicted molar refractivity (Wildman–Crippen MR) is 80.3 cm³/mol. The first-order valence-corrected chi connectivity index (χ1v) is 7.18. The minimum absolute atomic E-state index is 0.0311. The summed E-state index contributed by atoms with van der Waals surface area (Å²) in [7, 11) is 4.33. The van der Waals surface area contributed by atoms with E-state index < -0.39 is 0 Å². The maximum Gasteiger partial charge on any atom is 0.133 e. The van der Waals surface area contributed by atoms with Gasteiger partial charge in [0.25, 0.3) is 0 Å². The Morgan fingerprint density at radius 3 is 2.79 bits per heavy atom. The number of piperidine rings is 1. The first-order valence-electron chi connectivity index (χ1n) is 7.18. The summed E-state index contributed by atoms with van der Waals surface area (Å²) in [5.74, 6) is 1.81. The van der Waals surface area contributed by atoms with Crippen molar-refractivity contribution in [2.24, 2.45) is 11.7 Å². The molecule has 0 saturated carbocycles. The molecule has 2 N–H and O–H groups in total. The Morgan fingerprint density at radius 1 is 1.47 bits per heavy atom. The fraction of sp³-hybridized carbons (Fsp3) is 0.667. The molecule has 0 aromatic carbocycles. The Hall–Kier alpha value is -1.13. The van der Waals surface area contributed by atoms with Crippen LogP contribution >= 0.6 is 0 Å². The summed E-state index contributed by atoms with van der Waals surface area (Å²) in [6.07, 6.45) is 4.41. The SMILES string of the molecule is C[C@H](N)c1cccnc1N(C)CC1CCN(C)CC1. The molecule has 0 unspecified atom stereocenters. The number of anilines is 1. The van der Waals surface area contributed by atoms with Crippen molar-refractivity contribution in [3.05, 3.63) is 23.9 Å². The maximum absolute atomic E-state index is 6.03. The van der Waals surface area contributed by atoms with Crippen LogP contribution in [-0.4, -0.2) is 43.6 Å². The number of nitrogens with two attached hydrogens (primary N) is 1. The molecule has 1 aromatic heterocycles. The molecule has 0 aliphatic carbocycles. The zero-order valence-corrected chi connectivity index (χ0v) is 12.3. The van der Waals surface area contributed by atoms with E-state index in [1.54, 1.807) is 0 Å². The van der Waals surface area contributed by atoms with Gasteiger partial charge in [0.1, 0.15) is 5.82 Å². The number of hydrogen-bond donors (Lipinski definition) is 1. The summed E-state index contributed by atoms with van der Waals surface area (Å²) in [4.78, 5) is 9.20. The molecule has 106 valence electrons. The Morgan fingerprint density at radius 2 is 2.16 bits per heavy atom. The molecule has 19 heavy (non-hydrogen) atoms. The molecule has 1 aliphatic heterocycles. The monoisotopic (exact) mass is 262 g/mol. The Balaban J connectivity index is 2.01. The van der Waals surface area contributed by atoms with E-state index in [4.69, 9.17) is 5.73 Å². The smallest absolute Gasteiger partial charge is 0.133 e. The van der Waals surface area contributed by atoms with Gasteiger partial charge in [-0.05, 0) is 51.9 Å². The number of aromatic nitrogens is 1. The van der Waals surface area contributed by atoms with Crippen molar-refractivity contribution in [1.29, 1.82) is 0 Å². The molecule has 4 nitrogen and oxygen atoms in total. The van der Waals surface area contributed by atoms with Crippen LogP contribution in [0.5, 0.6) is 0 Å². The maximum atomic E-state index is 6.03. The third kappa shape index (κ3) is 3.67. The fourth-order valence-corrected chi connectivity index (χ4v) is 2.80. The van der Waals surface area contributed by atoms with Crippen LogP contribution in [-0.2, 0) is 0 Å². The molecule has 0 bridgehead atoms. The van der Waals surface area contributed by atoms with Gasteiger partial charge in [-0.1, -0.05) is 6.07 Å². The topological polar surface area (TPSA) is 45.4 Å². The second-order valence-electron chi connectivity index (χ2n) is 5.83. The van der Waals surface area contributed by atoms with Crippen molar-refractivity contribution in [3.8, 4) is 0 Å². The van der Waals surface area contributed by atoms with Gasteiger partial charge in [0.15, 0.2) is 0 Å². The van der Waals surface area contributed by atoms with Gasteiger partial charge in [0.2, 0.25) is 0 Å². The molecule has 0 amide bonds. The van der Waals surface area contributed by atoms with Crippen molar-refractivity contribution in [2.45, 2.75) is 25.8 Å². The van der Waals surface area contributed by atoms with Gasteiger partial charge < -0.3 is 15.5 Å². The Bertz CT molecular complexity index is 397. The number of likely N-dealkylation sites (tertiary alicyclic amines) is 1. The van der Waals surface area contributed by atoms with Gasteiger partial charge in [0, 0.05) is 31.4 Å². The molecule has 1 atom stereocenters. The molecule has 1 fully saturated rings. The molecular weight excluding hydrogens is 236 g/mol. The zero-order chi connectivity index (χ0) is 13.8. The lowest BCUT2D eigenvalue weighted by Gasteiger charge is -2.32. The van der Waals surface area contributed by atoms with Gasteiger partial charge in [-0.3, -0.25) is 0 Å². The standard InChI is InChI=1S/C15H26N4/c1-12(16)14-5-4-8-17-15(14)19(3)11-13-6-9-18(2)10-7-13/h4-5,8,12-13H,6-7,9-11,16H2,1-3H3/t12-/m0/s1.